The van der Waals surface area contributed by atoms with E-state index in [1.54, 1.807) is 0 Å². The summed E-state index contributed by atoms with van der Waals surface area (Å²) in [5, 5.41) is 3.17. The van der Waals surface area contributed by atoms with Crippen LogP contribution in [0.3, 0.4) is 0 Å². The summed E-state index contributed by atoms with van der Waals surface area (Å²) in [6.45, 7) is 8.65. The second-order valence-electron chi connectivity index (χ2n) is 6.30. The lowest BCUT2D eigenvalue weighted by atomic mass is 10.1. The van der Waals surface area contributed by atoms with Gasteiger partial charge in [0.25, 0.3) is 0 Å². The van der Waals surface area contributed by atoms with E-state index in [2.05, 4.69) is 41.2 Å². The highest BCUT2D eigenvalue weighted by Gasteiger charge is 2.07. The van der Waals surface area contributed by atoms with Gasteiger partial charge in [-0.25, -0.2) is 0 Å². The monoisotopic (exact) mass is 430 g/mol. The molecule has 1 aliphatic heterocycles. The first-order chi connectivity index (χ1) is 10.6. The predicted octanol–water partition coefficient (Wildman–Crippen LogP) is 3.91. The summed E-state index contributed by atoms with van der Waals surface area (Å²) in [5.41, 5.74) is 9.53. The molecule has 2 rings (SSSR count). The molecule has 1 aromatic rings. The quantitative estimate of drug-likeness (QED) is 0.322. The first-order valence-corrected chi connectivity index (χ1v) is 8.52. The minimum absolute atomic E-state index is 0. The minimum Gasteiger partial charge on any atom is -0.370 e. The Morgan fingerprint density at radius 1 is 1.13 bits per heavy atom. The Morgan fingerprint density at radius 3 is 2.48 bits per heavy atom. The molecular weight excluding hydrogens is 399 g/mol. The molecule has 4 nitrogen and oxygen atoms in total. The van der Waals surface area contributed by atoms with Crippen molar-refractivity contribution in [2.45, 2.75) is 46.0 Å². The molecule has 0 aromatic heterocycles. The van der Waals surface area contributed by atoms with Crippen LogP contribution in [0.4, 0.5) is 5.69 Å². The van der Waals surface area contributed by atoms with Gasteiger partial charge in [0.2, 0.25) is 0 Å². The van der Waals surface area contributed by atoms with Crippen molar-refractivity contribution in [1.82, 2.24) is 4.90 Å². The fourth-order valence-corrected chi connectivity index (χ4v) is 2.86. The molecule has 23 heavy (non-hydrogen) atoms. The zero-order valence-corrected chi connectivity index (χ0v) is 16.8. The number of rotatable bonds is 5. The molecule has 1 aliphatic rings. The summed E-state index contributed by atoms with van der Waals surface area (Å²) >= 11 is 0. The molecule has 0 radical (unpaired) electrons. The average molecular weight is 430 g/mol. The van der Waals surface area contributed by atoms with E-state index in [4.69, 9.17) is 5.73 Å². The van der Waals surface area contributed by atoms with Crippen molar-refractivity contribution < 1.29 is 0 Å². The van der Waals surface area contributed by atoms with E-state index in [0.717, 1.165) is 25.2 Å². The van der Waals surface area contributed by atoms with Crippen molar-refractivity contribution in [1.29, 1.82) is 0 Å². The Kier molecular flexibility index (Phi) is 9.55. The smallest absolute Gasteiger partial charge is 0.193 e. The Bertz CT molecular complexity index is 494. The number of nitrogens with zero attached hydrogens (tertiary/aromatic N) is 2. The molecule has 0 atom stereocenters. The zero-order chi connectivity index (χ0) is 15.8. The summed E-state index contributed by atoms with van der Waals surface area (Å²) in [6.07, 6.45) is 6.55. The van der Waals surface area contributed by atoms with Crippen molar-refractivity contribution in [3.05, 3.63) is 29.3 Å². The standard InChI is InChI=1S/C18H30N4.HI/c1-15-8-9-17(14-16(15)2)21-18(19)20-10-7-13-22-11-5-3-4-6-12-22;/h8-9,14H,3-7,10-13H2,1-2H3,(H3,19,20,21);1H. The molecule has 5 heteroatoms. The maximum Gasteiger partial charge on any atom is 0.193 e. The number of guanidine groups is 1. The number of nitrogens with two attached hydrogens (primary N) is 1. The molecule has 1 saturated heterocycles. The van der Waals surface area contributed by atoms with Gasteiger partial charge in [-0.15, -0.1) is 24.0 Å². The molecule has 0 saturated carbocycles. The lowest BCUT2D eigenvalue weighted by Gasteiger charge is -2.18. The number of nitrogens with one attached hydrogen (secondary N) is 1. The third-order valence-corrected chi connectivity index (χ3v) is 4.39. The summed E-state index contributed by atoms with van der Waals surface area (Å²) in [6, 6.07) is 6.25. The minimum atomic E-state index is 0. The molecule has 1 heterocycles. The molecule has 0 spiro atoms. The van der Waals surface area contributed by atoms with E-state index < -0.39 is 0 Å². The van der Waals surface area contributed by atoms with Gasteiger partial charge in [-0.3, -0.25) is 4.99 Å². The molecule has 0 bridgehead atoms. The second-order valence-corrected chi connectivity index (χ2v) is 6.30. The Morgan fingerprint density at radius 2 is 1.83 bits per heavy atom. The van der Waals surface area contributed by atoms with Crippen molar-refractivity contribution in [2.75, 3.05) is 31.5 Å². The van der Waals surface area contributed by atoms with Gasteiger partial charge >= 0.3 is 0 Å². The van der Waals surface area contributed by atoms with Crippen LogP contribution in [0, 0.1) is 13.8 Å². The summed E-state index contributed by atoms with van der Waals surface area (Å²) in [4.78, 5) is 7.00. The average Bonchev–Trinajstić information content (AvgIpc) is 2.76. The molecule has 130 valence electrons. The molecule has 0 aliphatic carbocycles. The summed E-state index contributed by atoms with van der Waals surface area (Å²) in [5.74, 6) is 0.513. The van der Waals surface area contributed by atoms with Gasteiger partial charge in [0, 0.05) is 12.2 Å². The van der Waals surface area contributed by atoms with Crippen LogP contribution in [-0.4, -0.2) is 37.0 Å². The van der Waals surface area contributed by atoms with Crippen LogP contribution >= 0.6 is 24.0 Å². The van der Waals surface area contributed by atoms with Crippen molar-refractivity contribution >= 4 is 35.6 Å². The van der Waals surface area contributed by atoms with Gasteiger partial charge in [0.05, 0.1) is 0 Å². The van der Waals surface area contributed by atoms with E-state index in [-0.39, 0.29) is 24.0 Å². The van der Waals surface area contributed by atoms with Gasteiger partial charge in [-0.2, -0.15) is 0 Å². The number of aliphatic imine (C=N–C) groups is 1. The van der Waals surface area contributed by atoms with E-state index in [0.29, 0.717) is 5.96 Å². The third-order valence-electron chi connectivity index (χ3n) is 4.39. The topological polar surface area (TPSA) is 53.6 Å². The van der Waals surface area contributed by atoms with Gasteiger partial charge in [0.15, 0.2) is 5.96 Å². The fraction of sp³-hybridized carbons (Fsp3) is 0.611. The van der Waals surface area contributed by atoms with Crippen molar-refractivity contribution in [2.24, 2.45) is 10.7 Å². The Labute approximate surface area is 157 Å². The first kappa shape index (κ1) is 20.2. The largest absolute Gasteiger partial charge is 0.370 e. The molecule has 1 aromatic carbocycles. The van der Waals surface area contributed by atoms with E-state index in [9.17, 15) is 0 Å². The number of likely N-dealkylation sites (tertiary alicyclic amines) is 1. The first-order valence-electron chi connectivity index (χ1n) is 8.52. The van der Waals surface area contributed by atoms with E-state index in [1.807, 2.05) is 6.07 Å². The van der Waals surface area contributed by atoms with Gasteiger partial charge in [0.1, 0.15) is 0 Å². The van der Waals surface area contributed by atoms with Gasteiger partial charge in [-0.05, 0) is 76.0 Å². The van der Waals surface area contributed by atoms with Crippen LogP contribution in [0.15, 0.2) is 23.2 Å². The maximum atomic E-state index is 5.96. The highest BCUT2D eigenvalue weighted by Crippen LogP contribution is 2.13. The fourth-order valence-electron chi connectivity index (χ4n) is 2.86. The second kappa shape index (κ2) is 10.9. The van der Waals surface area contributed by atoms with Crippen molar-refractivity contribution in [3.8, 4) is 0 Å². The van der Waals surface area contributed by atoms with Crippen LogP contribution in [0.5, 0.6) is 0 Å². The molecule has 0 unspecified atom stereocenters. The van der Waals surface area contributed by atoms with Crippen LogP contribution in [-0.2, 0) is 0 Å². The number of benzene rings is 1. The number of hydrogen-bond donors (Lipinski definition) is 2. The SMILES string of the molecule is Cc1ccc(NC(N)=NCCCN2CCCCCC2)cc1C.I. The van der Waals surface area contributed by atoms with Crippen LogP contribution < -0.4 is 11.1 Å². The van der Waals surface area contributed by atoms with E-state index >= 15 is 0 Å². The maximum absolute atomic E-state index is 5.96. The Balaban J connectivity index is 0.00000264. The van der Waals surface area contributed by atoms with Crippen LogP contribution in [0.2, 0.25) is 0 Å². The molecular formula is C18H31IN4. The van der Waals surface area contributed by atoms with Gasteiger partial charge < -0.3 is 16.0 Å². The lowest BCUT2D eigenvalue weighted by Crippen LogP contribution is -2.27. The molecule has 3 N–H and O–H groups in total. The number of halogens is 1. The summed E-state index contributed by atoms with van der Waals surface area (Å²) < 4.78 is 0. The number of aryl methyl sites for hydroxylation is 2. The number of anilines is 1. The highest BCUT2D eigenvalue weighted by atomic mass is 127. The third kappa shape index (κ3) is 7.52. The normalized spacial score (nSPS) is 16.5. The zero-order valence-electron chi connectivity index (χ0n) is 14.5. The predicted molar refractivity (Wildman–Crippen MR) is 111 cm³/mol. The molecule has 1 fully saturated rings. The van der Waals surface area contributed by atoms with Crippen LogP contribution in [0.1, 0.15) is 43.2 Å². The van der Waals surface area contributed by atoms with Crippen molar-refractivity contribution in [3.63, 3.8) is 0 Å². The molecule has 0 amide bonds. The highest BCUT2D eigenvalue weighted by molar-refractivity contribution is 14.0. The van der Waals surface area contributed by atoms with Crippen LogP contribution in [0.25, 0.3) is 0 Å². The van der Waals surface area contributed by atoms with Gasteiger partial charge in [-0.1, -0.05) is 18.9 Å². The number of hydrogen-bond acceptors (Lipinski definition) is 2. The lowest BCUT2D eigenvalue weighted by molar-refractivity contribution is 0.283. The van der Waals surface area contributed by atoms with E-state index in [1.165, 1.54) is 49.9 Å². The summed E-state index contributed by atoms with van der Waals surface area (Å²) in [7, 11) is 0. The Hall–Kier alpha value is -0.820.